The van der Waals surface area contributed by atoms with Crippen LogP contribution in [0.15, 0.2) is 4.99 Å². The maximum absolute atomic E-state index is 13.2. The molecule has 4 aliphatic rings. The molecule has 0 spiro atoms. The maximum Gasteiger partial charge on any atom is 0.254 e. The minimum Gasteiger partial charge on any atom is -0.394 e. The fraction of sp³-hybridized carbons (Fsp3) is 0.923. The number of hydrogen-bond donors (Lipinski definition) is 14. The van der Waals surface area contributed by atoms with E-state index in [0.717, 1.165) is 6.42 Å². The van der Waals surface area contributed by atoms with E-state index >= 15 is 0 Å². The SMILES string of the molecule is NCCCNC[C@H]1O[C@H](O[C@H]2[C@H](O)[C@@H](O[C@H]3O[C@H](CO)[C@@H](O)[C@H](N)[C@H]3O)[C@H](NC(=O)C3(O)CC3N=C(N)N)C[C@@H]2N)[C@H](N)C[C@@H]1O. The molecule has 0 radical (unpaired) electrons. The molecule has 16 atom stereocenters. The van der Waals surface area contributed by atoms with Crippen molar-refractivity contribution in [2.45, 2.75) is 123 Å². The van der Waals surface area contributed by atoms with Crippen LogP contribution < -0.4 is 45.0 Å². The van der Waals surface area contributed by atoms with Gasteiger partial charge in [0, 0.05) is 19.0 Å². The number of aliphatic hydroxyl groups excluding tert-OH is 5. The molecule has 2 saturated heterocycles. The summed E-state index contributed by atoms with van der Waals surface area (Å²) in [6.07, 6.45) is -12.0. The molecule has 2 unspecified atom stereocenters. The van der Waals surface area contributed by atoms with Crippen molar-refractivity contribution < 1.29 is 54.4 Å². The summed E-state index contributed by atoms with van der Waals surface area (Å²) >= 11 is 0. The number of aliphatic imine (C=N–C) groups is 1. The highest BCUT2D eigenvalue weighted by molar-refractivity contribution is 5.90. The largest absolute Gasteiger partial charge is 0.394 e. The fourth-order valence-electron chi connectivity index (χ4n) is 6.08. The molecule has 4 fully saturated rings. The number of ether oxygens (including phenoxy) is 4. The van der Waals surface area contributed by atoms with Crippen molar-refractivity contribution in [3.63, 3.8) is 0 Å². The summed E-state index contributed by atoms with van der Waals surface area (Å²) < 4.78 is 23.6. The Morgan fingerprint density at radius 1 is 0.935 bits per heavy atom. The standard InChI is InChI=1S/C26H51N9O11/c27-2-1-3-33-7-13-12(37)5-10(29)22(43-13)45-20-9(28)4-11(34-24(41)26(42)6-15(26)35-25(31)32)21(19(20)40)46-23-18(39)16(30)17(38)14(8-36)44-23/h9-23,33,36-40,42H,1-8,27-30H2,(H,34,41)(H4,31,32,35)/t9-,10+,11+,12-,13+,14+,15?,16-,17+,18+,19-,20+,21-,22+,23+,26?/m0/s1. The second kappa shape index (κ2) is 15.6. The van der Waals surface area contributed by atoms with Gasteiger partial charge < -0.3 is 94.6 Å². The number of nitrogens with zero attached hydrogens (tertiary/aromatic N) is 1. The molecule has 0 aromatic heterocycles. The van der Waals surface area contributed by atoms with E-state index in [4.69, 9.17) is 53.3 Å². The molecular weight excluding hydrogens is 614 g/mol. The van der Waals surface area contributed by atoms with Crippen molar-refractivity contribution in [1.82, 2.24) is 10.6 Å². The molecule has 20 heteroatoms. The van der Waals surface area contributed by atoms with Crippen LogP contribution in [0.4, 0.5) is 0 Å². The van der Waals surface area contributed by atoms with E-state index in [0.29, 0.717) is 13.1 Å². The summed E-state index contributed by atoms with van der Waals surface area (Å²) in [5, 5.41) is 69.4. The number of guanidine groups is 1. The van der Waals surface area contributed by atoms with Crippen molar-refractivity contribution >= 4 is 11.9 Å². The van der Waals surface area contributed by atoms with Crippen molar-refractivity contribution in [3.05, 3.63) is 0 Å². The number of aliphatic hydroxyl groups is 6. The van der Waals surface area contributed by atoms with Gasteiger partial charge in [0.25, 0.3) is 5.91 Å². The minimum absolute atomic E-state index is 0.0598. The zero-order chi connectivity index (χ0) is 33.9. The number of carbonyl (C=O) groups is 1. The molecule has 20 N–H and O–H groups in total. The highest BCUT2D eigenvalue weighted by Crippen LogP contribution is 2.40. The van der Waals surface area contributed by atoms with Gasteiger partial charge >= 0.3 is 0 Å². The van der Waals surface area contributed by atoms with E-state index < -0.39 is 110 Å². The summed E-state index contributed by atoms with van der Waals surface area (Å²) in [5.41, 5.74) is 33.0. The summed E-state index contributed by atoms with van der Waals surface area (Å²) in [7, 11) is 0. The molecule has 2 aliphatic carbocycles. The molecular formula is C26H51N9O11. The number of carbonyl (C=O) groups excluding carboxylic acids is 1. The number of rotatable bonds is 13. The van der Waals surface area contributed by atoms with Gasteiger partial charge in [-0.05, 0) is 32.4 Å². The smallest absolute Gasteiger partial charge is 0.254 e. The molecule has 0 bridgehead atoms. The highest BCUT2D eigenvalue weighted by Gasteiger charge is 2.61. The van der Waals surface area contributed by atoms with Crippen LogP contribution in [0.25, 0.3) is 0 Å². The van der Waals surface area contributed by atoms with Crippen LogP contribution in [0.3, 0.4) is 0 Å². The van der Waals surface area contributed by atoms with Crippen LogP contribution in [-0.4, -0.2) is 166 Å². The second-order valence-corrected chi connectivity index (χ2v) is 12.5. The first-order valence-corrected chi connectivity index (χ1v) is 15.5. The van der Waals surface area contributed by atoms with Gasteiger partial charge in [-0.2, -0.15) is 0 Å². The lowest BCUT2D eigenvalue weighted by Gasteiger charge is -2.48. The second-order valence-electron chi connectivity index (χ2n) is 12.5. The third-order valence-corrected chi connectivity index (χ3v) is 8.95. The normalized spacial score (nSPS) is 46.0. The quantitative estimate of drug-likeness (QED) is 0.0493. The lowest BCUT2D eigenvalue weighted by Crippen LogP contribution is -2.69. The van der Waals surface area contributed by atoms with Crippen LogP contribution in [0.5, 0.6) is 0 Å². The summed E-state index contributed by atoms with van der Waals surface area (Å²) in [6, 6.07) is -5.01. The van der Waals surface area contributed by atoms with Gasteiger partial charge in [-0.3, -0.25) is 4.79 Å². The van der Waals surface area contributed by atoms with Crippen LogP contribution in [-0.2, 0) is 23.7 Å². The van der Waals surface area contributed by atoms with E-state index in [2.05, 4.69) is 15.6 Å². The van der Waals surface area contributed by atoms with Gasteiger partial charge in [-0.1, -0.05) is 0 Å². The van der Waals surface area contributed by atoms with Gasteiger partial charge in [-0.25, -0.2) is 4.99 Å². The molecule has 2 heterocycles. The average Bonchev–Trinajstić information content (AvgIpc) is 3.66. The Balaban J connectivity index is 1.52. The number of nitrogens with two attached hydrogens (primary N) is 6. The van der Waals surface area contributed by atoms with E-state index in [1.807, 2.05) is 0 Å². The van der Waals surface area contributed by atoms with Crippen molar-refractivity contribution in [1.29, 1.82) is 0 Å². The molecule has 266 valence electrons. The Kier molecular flexibility index (Phi) is 12.5. The average molecular weight is 666 g/mol. The maximum atomic E-state index is 13.2. The van der Waals surface area contributed by atoms with E-state index in [1.54, 1.807) is 0 Å². The highest BCUT2D eigenvalue weighted by atomic mass is 16.7. The van der Waals surface area contributed by atoms with Gasteiger partial charge in [0.15, 0.2) is 24.1 Å². The van der Waals surface area contributed by atoms with Crippen LogP contribution in [0.2, 0.25) is 0 Å². The van der Waals surface area contributed by atoms with Gasteiger partial charge in [0.05, 0.1) is 43.0 Å². The lowest BCUT2D eigenvalue weighted by molar-refractivity contribution is -0.316. The molecule has 4 rings (SSSR count). The van der Waals surface area contributed by atoms with Gasteiger partial charge in [0.1, 0.15) is 36.6 Å². The Bertz CT molecular complexity index is 1050. The molecule has 1 amide bonds. The molecule has 2 saturated carbocycles. The van der Waals surface area contributed by atoms with Crippen molar-refractivity contribution in [3.8, 4) is 0 Å². The lowest BCUT2D eigenvalue weighted by atomic mass is 9.83. The number of nitrogens with one attached hydrogen (secondary N) is 2. The third-order valence-electron chi connectivity index (χ3n) is 8.95. The molecule has 20 nitrogen and oxygen atoms in total. The monoisotopic (exact) mass is 665 g/mol. The summed E-state index contributed by atoms with van der Waals surface area (Å²) in [4.78, 5) is 17.0. The molecule has 2 aliphatic heterocycles. The first-order chi connectivity index (χ1) is 21.7. The van der Waals surface area contributed by atoms with Gasteiger partial charge in [0.2, 0.25) is 0 Å². The molecule has 46 heavy (non-hydrogen) atoms. The zero-order valence-corrected chi connectivity index (χ0v) is 25.5. The molecule has 0 aromatic carbocycles. The number of hydrogen-bond acceptors (Lipinski definition) is 17. The van der Waals surface area contributed by atoms with E-state index in [1.165, 1.54) is 0 Å². The van der Waals surface area contributed by atoms with Crippen molar-refractivity contribution in [2.75, 3.05) is 26.2 Å². The van der Waals surface area contributed by atoms with Crippen molar-refractivity contribution in [2.24, 2.45) is 39.4 Å². The van der Waals surface area contributed by atoms with Crippen LogP contribution in [0.1, 0.15) is 25.7 Å². The first-order valence-electron chi connectivity index (χ1n) is 15.5. The predicted molar refractivity (Wildman–Crippen MR) is 159 cm³/mol. The zero-order valence-electron chi connectivity index (χ0n) is 25.5. The summed E-state index contributed by atoms with van der Waals surface area (Å²) in [6.45, 7) is 0.723. The summed E-state index contributed by atoms with van der Waals surface area (Å²) in [5.74, 6) is -1.17. The Hall–Kier alpha value is -1.86. The number of amides is 1. The Labute approximate surface area is 265 Å². The first kappa shape index (κ1) is 37.0. The Morgan fingerprint density at radius 2 is 1.61 bits per heavy atom. The van der Waals surface area contributed by atoms with Gasteiger partial charge in [-0.15, -0.1) is 0 Å². The van der Waals surface area contributed by atoms with Crippen LogP contribution >= 0.6 is 0 Å². The fourth-order valence-corrected chi connectivity index (χ4v) is 6.08. The third kappa shape index (κ3) is 8.22. The molecule has 0 aromatic rings. The minimum atomic E-state index is -1.93. The van der Waals surface area contributed by atoms with Crippen LogP contribution in [0, 0.1) is 0 Å². The van der Waals surface area contributed by atoms with E-state index in [-0.39, 0.29) is 31.8 Å². The topological polar surface area (TPSA) is 368 Å². The Morgan fingerprint density at radius 3 is 2.26 bits per heavy atom. The predicted octanol–water partition coefficient (Wildman–Crippen LogP) is -8.38. The van der Waals surface area contributed by atoms with E-state index in [9.17, 15) is 35.4 Å².